The van der Waals surface area contributed by atoms with Gasteiger partial charge in [0.25, 0.3) is 0 Å². The van der Waals surface area contributed by atoms with Crippen molar-refractivity contribution in [2.24, 2.45) is 4.99 Å². The summed E-state index contributed by atoms with van der Waals surface area (Å²) in [4.78, 5) is 4.92. The Kier molecular flexibility index (Phi) is 10.8. The number of guanidine groups is 1. The Hall–Kier alpha value is -0.730. The maximum Gasteiger partial charge on any atom is 0.191 e. The van der Waals surface area contributed by atoms with Crippen LogP contribution in [0.1, 0.15) is 45.6 Å². The van der Waals surface area contributed by atoms with Crippen LogP contribution >= 0.6 is 35.6 Å². The molecule has 1 aromatic carbocycles. The Bertz CT molecular complexity index is 607. The van der Waals surface area contributed by atoms with E-state index in [-0.39, 0.29) is 29.4 Å². The molecule has 1 atom stereocenters. The molecule has 1 unspecified atom stereocenters. The zero-order valence-corrected chi connectivity index (χ0v) is 19.9. The molecule has 1 saturated heterocycles. The smallest absolute Gasteiger partial charge is 0.191 e. The second-order valence-electron chi connectivity index (χ2n) is 6.89. The number of methoxy groups -OCH3 is 1. The van der Waals surface area contributed by atoms with E-state index in [2.05, 4.69) is 31.4 Å². The largest absolute Gasteiger partial charge is 0.496 e. The molecule has 0 aliphatic carbocycles. The Labute approximate surface area is 185 Å². The van der Waals surface area contributed by atoms with Gasteiger partial charge in [-0.3, -0.25) is 4.99 Å². The van der Waals surface area contributed by atoms with Gasteiger partial charge in [-0.1, -0.05) is 18.5 Å². The summed E-state index contributed by atoms with van der Waals surface area (Å²) in [6.07, 6.45) is 2.84. The molecule has 0 amide bonds. The lowest BCUT2D eigenvalue weighted by molar-refractivity contribution is 0.0522. The Morgan fingerprint density at radius 2 is 2.04 bits per heavy atom. The molecule has 0 aromatic heterocycles. The van der Waals surface area contributed by atoms with Crippen LogP contribution in [-0.4, -0.2) is 45.4 Å². The van der Waals surface area contributed by atoms with E-state index in [9.17, 15) is 0 Å². The SMILES string of the molecule is CCNC(=NCC1(c2cc(Cl)ccc2OC)CCOCC1)NC(C)CC.I. The first-order valence-electron chi connectivity index (χ1n) is 9.51. The first-order valence-corrected chi connectivity index (χ1v) is 9.89. The lowest BCUT2D eigenvalue weighted by Crippen LogP contribution is -2.44. The summed E-state index contributed by atoms with van der Waals surface area (Å²) < 4.78 is 11.3. The number of benzene rings is 1. The number of aliphatic imine (C=N–C) groups is 1. The fraction of sp³-hybridized carbons (Fsp3) is 0.650. The number of ether oxygens (including phenoxy) is 2. The van der Waals surface area contributed by atoms with Crippen molar-refractivity contribution < 1.29 is 9.47 Å². The highest BCUT2D eigenvalue weighted by atomic mass is 127. The molecule has 2 N–H and O–H groups in total. The van der Waals surface area contributed by atoms with Crippen molar-refractivity contribution in [2.75, 3.05) is 33.4 Å². The summed E-state index contributed by atoms with van der Waals surface area (Å²) in [6, 6.07) is 6.21. The third-order valence-corrected chi connectivity index (χ3v) is 5.30. The highest BCUT2D eigenvalue weighted by Gasteiger charge is 2.37. The van der Waals surface area contributed by atoms with Crippen LogP contribution in [0, 0.1) is 0 Å². The van der Waals surface area contributed by atoms with E-state index in [4.69, 9.17) is 26.1 Å². The second-order valence-corrected chi connectivity index (χ2v) is 7.32. The van der Waals surface area contributed by atoms with Gasteiger partial charge in [0, 0.05) is 41.8 Å². The first kappa shape index (κ1) is 24.3. The van der Waals surface area contributed by atoms with E-state index < -0.39 is 0 Å². The van der Waals surface area contributed by atoms with Crippen molar-refractivity contribution in [3.63, 3.8) is 0 Å². The summed E-state index contributed by atoms with van der Waals surface area (Å²) in [5, 5.41) is 7.54. The van der Waals surface area contributed by atoms with Crippen molar-refractivity contribution in [3.05, 3.63) is 28.8 Å². The van der Waals surface area contributed by atoms with Gasteiger partial charge in [-0.15, -0.1) is 24.0 Å². The molecule has 1 aromatic rings. The van der Waals surface area contributed by atoms with Gasteiger partial charge in [0.1, 0.15) is 5.75 Å². The van der Waals surface area contributed by atoms with Crippen molar-refractivity contribution in [1.82, 2.24) is 10.6 Å². The van der Waals surface area contributed by atoms with Gasteiger partial charge >= 0.3 is 0 Å². The van der Waals surface area contributed by atoms with Gasteiger partial charge in [-0.2, -0.15) is 0 Å². The van der Waals surface area contributed by atoms with Gasteiger partial charge < -0.3 is 20.1 Å². The molecular formula is C20H33ClIN3O2. The van der Waals surface area contributed by atoms with E-state index in [1.54, 1.807) is 7.11 Å². The van der Waals surface area contributed by atoms with Crippen LogP contribution < -0.4 is 15.4 Å². The van der Waals surface area contributed by atoms with Crippen molar-refractivity contribution >= 4 is 41.5 Å². The summed E-state index contributed by atoms with van der Waals surface area (Å²) >= 11 is 6.31. The summed E-state index contributed by atoms with van der Waals surface area (Å²) in [6.45, 7) is 9.35. The van der Waals surface area contributed by atoms with Gasteiger partial charge in [0.15, 0.2) is 5.96 Å². The number of nitrogens with one attached hydrogen (secondary N) is 2. The lowest BCUT2D eigenvalue weighted by Gasteiger charge is -2.37. The molecule has 7 heteroatoms. The van der Waals surface area contributed by atoms with E-state index >= 15 is 0 Å². The lowest BCUT2D eigenvalue weighted by atomic mass is 9.73. The minimum atomic E-state index is -0.133. The van der Waals surface area contributed by atoms with Gasteiger partial charge in [0.05, 0.1) is 13.7 Å². The van der Waals surface area contributed by atoms with Gasteiger partial charge in [-0.05, 0) is 51.3 Å². The van der Waals surface area contributed by atoms with Gasteiger partial charge in [-0.25, -0.2) is 0 Å². The number of hydrogen-bond donors (Lipinski definition) is 2. The van der Waals surface area contributed by atoms with Crippen LogP contribution in [0.25, 0.3) is 0 Å². The fourth-order valence-corrected chi connectivity index (χ4v) is 3.43. The molecule has 0 spiro atoms. The molecule has 1 aliphatic heterocycles. The topological polar surface area (TPSA) is 54.9 Å². The average molecular weight is 510 g/mol. The molecule has 0 bridgehead atoms. The normalized spacial score (nSPS) is 17.6. The quantitative estimate of drug-likeness (QED) is 0.326. The standard InChI is InChI=1S/C20H32ClN3O2.HI/c1-5-15(3)24-19(22-6-2)23-14-20(9-11-26-12-10-20)17-13-16(21)7-8-18(17)25-4;/h7-8,13,15H,5-6,9-12,14H2,1-4H3,(H2,22,23,24);1H. The molecule has 27 heavy (non-hydrogen) atoms. The maximum absolute atomic E-state index is 6.31. The van der Waals surface area contributed by atoms with E-state index in [0.29, 0.717) is 12.6 Å². The van der Waals surface area contributed by atoms with Crippen molar-refractivity contribution in [2.45, 2.75) is 51.5 Å². The number of nitrogens with zero attached hydrogens (tertiary/aromatic N) is 1. The monoisotopic (exact) mass is 509 g/mol. The van der Waals surface area contributed by atoms with Crippen molar-refractivity contribution in [1.29, 1.82) is 0 Å². The Balaban J connectivity index is 0.00000364. The van der Waals surface area contributed by atoms with Gasteiger partial charge in [0.2, 0.25) is 0 Å². The van der Waals surface area contributed by atoms with Crippen LogP contribution in [0.15, 0.2) is 23.2 Å². The van der Waals surface area contributed by atoms with Crippen LogP contribution in [0.4, 0.5) is 0 Å². The molecule has 0 saturated carbocycles. The predicted octanol–water partition coefficient (Wildman–Crippen LogP) is 4.37. The number of halogens is 2. The number of hydrogen-bond acceptors (Lipinski definition) is 3. The highest BCUT2D eigenvalue weighted by Crippen LogP contribution is 2.41. The molecule has 1 aliphatic rings. The fourth-order valence-electron chi connectivity index (χ4n) is 3.26. The molecule has 1 heterocycles. The third kappa shape index (κ3) is 6.68. The van der Waals surface area contributed by atoms with Crippen LogP contribution in [0.3, 0.4) is 0 Å². The number of rotatable bonds is 7. The van der Waals surface area contributed by atoms with E-state index in [1.165, 1.54) is 0 Å². The van der Waals surface area contributed by atoms with Crippen LogP contribution in [-0.2, 0) is 10.2 Å². The predicted molar refractivity (Wildman–Crippen MR) is 124 cm³/mol. The molecule has 2 rings (SSSR count). The summed E-state index contributed by atoms with van der Waals surface area (Å²) in [7, 11) is 1.71. The van der Waals surface area contributed by atoms with Crippen LogP contribution in [0.5, 0.6) is 5.75 Å². The molecule has 154 valence electrons. The molecule has 0 radical (unpaired) electrons. The Morgan fingerprint density at radius 1 is 1.33 bits per heavy atom. The van der Waals surface area contributed by atoms with Crippen LogP contribution in [0.2, 0.25) is 5.02 Å². The van der Waals surface area contributed by atoms with E-state index in [0.717, 1.165) is 61.3 Å². The second kappa shape index (κ2) is 12.0. The van der Waals surface area contributed by atoms with E-state index in [1.807, 2.05) is 18.2 Å². The molecular weight excluding hydrogens is 477 g/mol. The Morgan fingerprint density at radius 3 is 2.63 bits per heavy atom. The molecule has 1 fully saturated rings. The molecule has 5 nitrogen and oxygen atoms in total. The zero-order chi connectivity index (χ0) is 19.0. The highest BCUT2D eigenvalue weighted by molar-refractivity contribution is 14.0. The third-order valence-electron chi connectivity index (χ3n) is 5.06. The summed E-state index contributed by atoms with van der Waals surface area (Å²) in [5.74, 6) is 1.72. The maximum atomic E-state index is 6.31. The first-order chi connectivity index (χ1) is 12.5. The zero-order valence-electron chi connectivity index (χ0n) is 16.8. The minimum Gasteiger partial charge on any atom is -0.496 e. The van der Waals surface area contributed by atoms with Crippen molar-refractivity contribution in [3.8, 4) is 5.75 Å². The summed E-state index contributed by atoms with van der Waals surface area (Å²) in [5.41, 5.74) is 0.991. The minimum absolute atomic E-state index is 0. The average Bonchev–Trinajstić information content (AvgIpc) is 2.67.